The van der Waals surface area contributed by atoms with Crippen LogP contribution in [-0.2, 0) is 32.0 Å². The van der Waals surface area contributed by atoms with E-state index in [4.69, 9.17) is 9.47 Å². The van der Waals surface area contributed by atoms with Gasteiger partial charge in [0.05, 0.1) is 17.7 Å². The largest absolute Gasteiger partial charge is 0.467 e. The van der Waals surface area contributed by atoms with Crippen molar-refractivity contribution in [3.8, 4) is 0 Å². The Hall–Kier alpha value is -3.11. The summed E-state index contributed by atoms with van der Waals surface area (Å²) in [5.41, 5.74) is -16.0. The first-order chi connectivity index (χ1) is 18.2. The van der Waals surface area contributed by atoms with Gasteiger partial charge in [0.1, 0.15) is 18.2 Å². The molecular weight excluding hydrogens is 580 g/mol. The van der Waals surface area contributed by atoms with Crippen LogP contribution in [0.3, 0.4) is 0 Å². The van der Waals surface area contributed by atoms with Crippen LogP contribution in [0.2, 0.25) is 0 Å². The molecule has 1 amide bonds. The summed E-state index contributed by atoms with van der Waals surface area (Å²) in [6.45, 7) is -1.22. The Morgan fingerprint density at radius 2 is 1.50 bits per heavy atom. The molecule has 1 aliphatic carbocycles. The Morgan fingerprint density at radius 3 is 1.93 bits per heavy atom. The second kappa shape index (κ2) is 9.21. The number of carbonyl (C=O) groups is 1. The number of hydrogen-bond donors (Lipinski definition) is 1. The Labute approximate surface area is 217 Å². The predicted octanol–water partition coefficient (Wildman–Crippen LogP) is 5.82. The van der Waals surface area contributed by atoms with Gasteiger partial charge in [0.2, 0.25) is 5.91 Å². The van der Waals surface area contributed by atoms with E-state index in [9.17, 15) is 57.5 Å². The van der Waals surface area contributed by atoms with E-state index >= 15 is 0 Å². The molecule has 1 aromatic carbocycles. The van der Waals surface area contributed by atoms with Crippen molar-refractivity contribution in [1.29, 1.82) is 0 Å². The molecule has 2 atom stereocenters. The first kappa shape index (κ1) is 29.9. The first-order valence-corrected chi connectivity index (χ1v) is 11.4. The lowest BCUT2D eigenvalue weighted by Gasteiger charge is -2.58. The summed E-state index contributed by atoms with van der Waals surface area (Å²) in [5.74, 6) is -2.43. The van der Waals surface area contributed by atoms with Crippen molar-refractivity contribution in [2.24, 2.45) is 0 Å². The topological polar surface area (TPSA) is 50.8 Å². The molecule has 1 saturated heterocycles. The van der Waals surface area contributed by atoms with Gasteiger partial charge < -0.3 is 19.7 Å². The molecule has 40 heavy (non-hydrogen) atoms. The Bertz CT molecular complexity index is 1220. The van der Waals surface area contributed by atoms with Gasteiger partial charge in [-0.25, -0.2) is 0 Å². The van der Waals surface area contributed by atoms with Crippen LogP contribution in [0.5, 0.6) is 0 Å². The zero-order valence-corrected chi connectivity index (χ0v) is 20.1. The summed E-state index contributed by atoms with van der Waals surface area (Å²) in [6, 6.07) is -0.836. The molecule has 0 saturated carbocycles. The number of fused-ring (bicyclic) bond motifs is 1. The van der Waals surface area contributed by atoms with Crippen molar-refractivity contribution in [2.45, 2.75) is 49.1 Å². The molecule has 3 heterocycles. The monoisotopic (exact) mass is 598 g/mol. The molecule has 0 spiro atoms. The third kappa shape index (κ3) is 4.45. The fourth-order valence-corrected chi connectivity index (χ4v) is 4.87. The lowest BCUT2D eigenvalue weighted by molar-refractivity contribution is -0.286. The minimum absolute atomic E-state index is 0.106. The zero-order valence-electron chi connectivity index (χ0n) is 20.1. The Kier molecular flexibility index (Phi) is 6.87. The third-order valence-electron chi connectivity index (χ3n) is 6.76. The van der Waals surface area contributed by atoms with E-state index in [2.05, 4.69) is 0 Å². The maximum Gasteiger partial charge on any atom is 0.438 e. The van der Waals surface area contributed by atoms with E-state index in [1.165, 1.54) is 6.92 Å². The average Bonchev–Trinajstić information content (AvgIpc) is 3.32. The first-order valence-electron chi connectivity index (χ1n) is 11.4. The van der Waals surface area contributed by atoms with Crippen molar-refractivity contribution < 1.29 is 67.0 Å². The number of nitrogens with zero attached hydrogens (tertiary/aromatic N) is 1. The van der Waals surface area contributed by atoms with Crippen molar-refractivity contribution in [3.63, 3.8) is 0 Å². The SMILES string of the molecule is CCC(=O)NCC1=CC(c2cc(C(F)(F)F)cc(C(F)(F)F)c2)(C(F)(F)F)C2=C(N3CCOC3)C1(C(F)(F)F)O2. The van der Waals surface area contributed by atoms with Gasteiger partial charge in [-0.2, -0.15) is 52.7 Å². The van der Waals surface area contributed by atoms with E-state index in [1.54, 1.807) is 0 Å². The fourth-order valence-electron chi connectivity index (χ4n) is 4.87. The normalized spacial score (nSPS) is 25.4. The van der Waals surface area contributed by atoms with Crippen LogP contribution in [0.15, 0.2) is 41.3 Å². The molecule has 2 unspecified atom stereocenters. The highest BCUT2D eigenvalue weighted by Gasteiger charge is 2.78. The molecule has 222 valence electrons. The van der Waals surface area contributed by atoms with E-state index in [0.717, 1.165) is 4.90 Å². The van der Waals surface area contributed by atoms with Gasteiger partial charge in [-0.05, 0) is 23.8 Å². The van der Waals surface area contributed by atoms with Crippen LogP contribution in [0.25, 0.3) is 0 Å². The molecule has 0 aromatic heterocycles. The van der Waals surface area contributed by atoms with Gasteiger partial charge in [0.25, 0.3) is 5.60 Å². The predicted molar refractivity (Wildman–Crippen MR) is 110 cm³/mol. The Balaban J connectivity index is 2.11. The Morgan fingerprint density at radius 1 is 0.925 bits per heavy atom. The molecule has 5 rings (SSSR count). The van der Waals surface area contributed by atoms with Crippen LogP contribution < -0.4 is 5.32 Å². The highest BCUT2D eigenvalue weighted by molar-refractivity contribution is 5.76. The molecule has 4 aliphatic rings. The molecule has 1 fully saturated rings. The maximum absolute atomic E-state index is 15.0. The smallest absolute Gasteiger partial charge is 0.438 e. The van der Waals surface area contributed by atoms with Crippen molar-refractivity contribution >= 4 is 5.91 Å². The van der Waals surface area contributed by atoms with Gasteiger partial charge in [-0.3, -0.25) is 4.79 Å². The number of rotatable bonds is 5. The lowest BCUT2D eigenvalue weighted by Crippen LogP contribution is -2.69. The number of hydrogen-bond acceptors (Lipinski definition) is 4. The molecule has 0 radical (unpaired) electrons. The van der Waals surface area contributed by atoms with E-state index < -0.39 is 94.7 Å². The second-order valence-electron chi connectivity index (χ2n) is 9.16. The number of carbonyl (C=O) groups excluding carboxylic acids is 1. The van der Waals surface area contributed by atoms with E-state index in [1.807, 2.05) is 5.32 Å². The average molecular weight is 598 g/mol. The number of alkyl halides is 12. The van der Waals surface area contributed by atoms with E-state index in [0.29, 0.717) is 0 Å². The summed E-state index contributed by atoms with van der Waals surface area (Å²) in [7, 11) is 0. The van der Waals surface area contributed by atoms with Crippen molar-refractivity contribution in [3.05, 3.63) is 58.0 Å². The summed E-state index contributed by atoms with van der Waals surface area (Å²) in [4.78, 5) is 12.6. The molecular formula is C23H18F12N2O3. The number of benzene rings is 1. The van der Waals surface area contributed by atoms with Gasteiger partial charge >= 0.3 is 24.7 Å². The number of halogens is 12. The van der Waals surface area contributed by atoms with Gasteiger partial charge in [-0.15, -0.1) is 0 Å². The number of amides is 1. The molecule has 1 aromatic rings. The highest BCUT2D eigenvalue weighted by Crippen LogP contribution is 2.66. The molecule has 3 aliphatic heterocycles. The summed E-state index contributed by atoms with van der Waals surface area (Å²) >= 11 is 0. The molecule has 5 nitrogen and oxygen atoms in total. The highest BCUT2D eigenvalue weighted by atomic mass is 19.4. The number of nitrogens with one attached hydrogen (secondary N) is 1. The van der Waals surface area contributed by atoms with E-state index in [-0.39, 0.29) is 37.8 Å². The van der Waals surface area contributed by atoms with Gasteiger partial charge in [-0.1, -0.05) is 13.0 Å². The van der Waals surface area contributed by atoms with Crippen molar-refractivity contribution in [2.75, 3.05) is 26.4 Å². The minimum atomic E-state index is -5.82. The number of ether oxygens (including phenoxy) is 2. The van der Waals surface area contributed by atoms with Crippen LogP contribution in [0.4, 0.5) is 52.7 Å². The quantitative estimate of drug-likeness (QED) is 0.343. The summed E-state index contributed by atoms with van der Waals surface area (Å²) < 4.78 is 180. The lowest BCUT2D eigenvalue weighted by atomic mass is 9.63. The molecule has 2 bridgehead atoms. The molecule has 1 N–H and O–H groups in total. The summed E-state index contributed by atoms with van der Waals surface area (Å²) in [6.07, 6.45) is -22.8. The number of allylic oxidation sites excluding steroid dienone is 1. The summed E-state index contributed by atoms with van der Waals surface area (Å²) in [5, 5.41) is 1.99. The van der Waals surface area contributed by atoms with Crippen LogP contribution in [0.1, 0.15) is 30.0 Å². The molecule has 17 heteroatoms. The maximum atomic E-state index is 15.0. The minimum Gasteiger partial charge on any atom is -0.467 e. The standard InChI is InChI=1S/C23H18F12N2O3/c1-2-15(38)36-9-14-8-18(22(30,31)32,11-5-12(20(24,25)26)7-13(6-11)21(27,28)29)17-16(37-3-4-39-10-37)19(14,40-17)23(33,34)35/h5-8H,2-4,9-10H2,1H3,(H,36,38). The zero-order chi connectivity index (χ0) is 30.1. The van der Waals surface area contributed by atoms with Crippen LogP contribution in [-0.4, -0.2) is 55.2 Å². The second-order valence-corrected chi connectivity index (χ2v) is 9.16. The van der Waals surface area contributed by atoms with Crippen LogP contribution in [0, 0.1) is 0 Å². The van der Waals surface area contributed by atoms with Crippen LogP contribution >= 0.6 is 0 Å². The fraction of sp³-hybridized carbons (Fsp3) is 0.522. The van der Waals surface area contributed by atoms with Gasteiger partial charge in [0, 0.05) is 25.1 Å². The van der Waals surface area contributed by atoms with Crippen molar-refractivity contribution in [1.82, 2.24) is 10.2 Å². The van der Waals surface area contributed by atoms with Gasteiger partial charge in [0.15, 0.2) is 5.41 Å². The third-order valence-corrected chi connectivity index (χ3v) is 6.76.